The van der Waals surface area contributed by atoms with Crippen LogP contribution in [-0.2, 0) is 10.2 Å². The fourth-order valence-electron chi connectivity index (χ4n) is 3.17. The second-order valence-electron chi connectivity index (χ2n) is 7.68. The normalized spacial score (nSPS) is 10.8. The highest BCUT2D eigenvalue weighted by atomic mass is 35.5. The molecule has 0 saturated heterocycles. The van der Waals surface area contributed by atoms with E-state index in [1.54, 1.807) is 19.3 Å². The summed E-state index contributed by atoms with van der Waals surface area (Å²) in [7, 11) is 1.78. The summed E-state index contributed by atoms with van der Waals surface area (Å²) in [6.45, 7) is 5.68. The molecule has 7 heteroatoms. The van der Waals surface area contributed by atoms with Gasteiger partial charge in [-0.1, -0.05) is 23.7 Å². The molecule has 0 radical (unpaired) electrons. The zero-order valence-corrected chi connectivity index (χ0v) is 18.7. The average molecular weight is 434 g/mol. The maximum Gasteiger partial charge on any atom is 0.218 e. The molecule has 0 bridgehead atoms. The summed E-state index contributed by atoms with van der Waals surface area (Å²) in [5.41, 5.74) is 4.17. The largest absolute Gasteiger partial charge is 0.385 e. The number of hydrogen-bond donors (Lipinski definition) is 2. The van der Waals surface area contributed by atoms with Crippen LogP contribution in [0.15, 0.2) is 54.7 Å². The lowest BCUT2D eigenvalue weighted by atomic mass is 9.86. The smallest absolute Gasteiger partial charge is 0.218 e. The third-order valence-corrected chi connectivity index (χ3v) is 5.35. The van der Waals surface area contributed by atoms with Gasteiger partial charge >= 0.3 is 0 Å². The van der Waals surface area contributed by atoms with E-state index in [4.69, 9.17) is 11.6 Å². The molecule has 31 heavy (non-hydrogen) atoms. The number of nitrogens with one attached hydrogen (secondary N) is 2. The van der Waals surface area contributed by atoms with Gasteiger partial charge in [0.1, 0.15) is 5.82 Å². The van der Waals surface area contributed by atoms with Crippen molar-refractivity contribution < 1.29 is 4.79 Å². The highest BCUT2D eigenvalue weighted by molar-refractivity contribution is 6.30. The number of nitrogens with zero attached hydrogens (tertiary/aromatic N) is 3. The summed E-state index contributed by atoms with van der Waals surface area (Å²) in [6, 6.07) is 17.1. The molecular formula is C24H24ClN5O. The first-order valence-corrected chi connectivity index (χ1v) is 10.1. The third-order valence-electron chi connectivity index (χ3n) is 5.11. The number of aryl methyl sites for hydroxylation is 1. The molecule has 0 saturated carbocycles. The van der Waals surface area contributed by atoms with Crippen LogP contribution in [0.5, 0.6) is 0 Å². The molecule has 0 spiro atoms. The molecule has 1 heterocycles. The molecule has 0 fully saturated rings. The van der Waals surface area contributed by atoms with E-state index in [0.29, 0.717) is 27.9 Å². The van der Waals surface area contributed by atoms with Gasteiger partial charge in [-0.2, -0.15) is 5.26 Å². The van der Waals surface area contributed by atoms with Crippen LogP contribution < -0.4 is 15.5 Å². The van der Waals surface area contributed by atoms with Crippen LogP contribution in [0.1, 0.15) is 25.0 Å². The molecule has 0 aliphatic heterocycles. The SMILES string of the molecule is CNc1cnc(Nc2ccc(Cl)cc2C)cc1N(C=O)c1ccc(C(C)(C)C#N)cc1. The zero-order chi connectivity index (χ0) is 22.6. The predicted molar refractivity (Wildman–Crippen MR) is 127 cm³/mol. The second-order valence-corrected chi connectivity index (χ2v) is 8.12. The minimum Gasteiger partial charge on any atom is -0.385 e. The minimum absolute atomic E-state index is 0.591. The number of halogens is 1. The lowest BCUT2D eigenvalue weighted by molar-refractivity contribution is -0.106. The van der Waals surface area contributed by atoms with Gasteiger partial charge in [-0.3, -0.25) is 9.69 Å². The van der Waals surface area contributed by atoms with E-state index in [-0.39, 0.29) is 0 Å². The van der Waals surface area contributed by atoms with Crippen LogP contribution in [0.2, 0.25) is 5.02 Å². The predicted octanol–water partition coefficient (Wildman–Crippen LogP) is 5.92. The topological polar surface area (TPSA) is 81.1 Å². The number of carbonyl (C=O) groups excluding carboxylic acids is 1. The number of benzene rings is 2. The van der Waals surface area contributed by atoms with Crippen LogP contribution in [0.25, 0.3) is 0 Å². The van der Waals surface area contributed by atoms with E-state index in [9.17, 15) is 10.1 Å². The fourth-order valence-corrected chi connectivity index (χ4v) is 3.40. The summed E-state index contributed by atoms with van der Waals surface area (Å²) >= 11 is 6.05. The van der Waals surface area contributed by atoms with Gasteiger partial charge in [0.15, 0.2) is 0 Å². The Labute approximate surface area is 187 Å². The first-order chi connectivity index (χ1) is 14.8. The highest BCUT2D eigenvalue weighted by Gasteiger charge is 2.21. The van der Waals surface area contributed by atoms with Crippen molar-refractivity contribution in [2.75, 3.05) is 22.6 Å². The van der Waals surface area contributed by atoms with E-state index >= 15 is 0 Å². The Bertz CT molecular complexity index is 1140. The Hall–Kier alpha value is -3.56. The van der Waals surface area contributed by atoms with Crippen LogP contribution in [0.3, 0.4) is 0 Å². The Morgan fingerprint density at radius 1 is 1.13 bits per heavy atom. The van der Waals surface area contributed by atoms with Crippen LogP contribution in [-0.4, -0.2) is 18.4 Å². The number of pyridine rings is 1. The molecule has 3 rings (SSSR count). The van der Waals surface area contributed by atoms with Crippen molar-refractivity contribution in [2.45, 2.75) is 26.2 Å². The quantitative estimate of drug-likeness (QED) is 0.451. The summed E-state index contributed by atoms with van der Waals surface area (Å²) in [6.07, 6.45) is 2.44. The van der Waals surface area contributed by atoms with Crippen LogP contribution >= 0.6 is 11.6 Å². The van der Waals surface area contributed by atoms with E-state index < -0.39 is 5.41 Å². The average Bonchev–Trinajstić information content (AvgIpc) is 2.77. The Morgan fingerprint density at radius 3 is 2.42 bits per heavy atom. The molecule has 2 aromatic carbocycles. The van der Waals surface area contributed by atoms with Gasteiger partial charge in [-0.25, -0.2) is 4.98 Å². The lowest BCUT2D eigenvalue weighted by Gasteiger charge is -2.23. The van der Waals surface area contributed by atoms with Crippen molar-refractivity contribution in [3.8, 4) is 6.07 Å². The van der Waals surface area contributed by atoms with Crippen molar-refractivity contribution >= 4 is 46.6 Å². The molecule has 3 aromatic rings. The van der Waals surface area contributed by atoms with E-state index in [1.165, 1.54) is 4.90 Å². The lowest BCUT2D eigenvalue weighted by Crippen LogP contribution is -2.18. The number of amides is 1. The number of nitriles is 1. The molecule has 0 aliphatic rings. The Balaban J connectivity index is 1.98. The number of anilines is 5. The molecule has 0 atom stereocenters. The van der Waals surface area contributed by atoms with Crippen molar-refractivity contribution in [3.05, 3.63) is 70.9 Å². The molecule has 0 unspecified atom stereocenters. The van der Waals surface area contributed by atoms with Gasteiger partial charge in [-0.05, 0) is 62.2 Å². The number of rotatable bonds is 7. The van der Waals surface area contributed by atoms with Crippen LogP contribution in [0.4, 0.5) is 28.6 Å². The van der Waals surface area contributed by atoms with E-state index in [1.807, 2.05) is 63.2 Å². The van der Waals surface area contributed by atoms with Crippen LogP contribution in [0, 0.1) is 18.3 Å². The van der Waals surface area contributed by atoms with E-state index in [0.717, 1.165) is 23.2 Å². The third kappa shape index (κ3) is 4.79. The summed E-state index contributed by atoms with van der Waals surface area (Å²) < 4.78 is 0. The Morgan fingerprint density at radius 2 is 1.84 bits per heavy atom. The van der Waals surface area contributed by atoms with Crippen molar-refractivity contribution in [1.82, 2.24) is 4.98 Å². The fraction of sp³-hybridized carbons (Fsp3) is 0.208. The van der Waals surface area contributed by atoms with Gasteiger partial charge in [0.2, 0.25) is 6.41 Å². The number of carbonyl (C=O) groups is 1. The maximum absolute atomic E-state index is 12.1. The summed E-state index contributed by atoms with van der Waals surface area (Å²) in [5.74, 6) is 0.591. The number of hydrogen-bond acceptors (Lipinski definition) is 5. The minimum atomic E-state index is -0.606. The maximum atomic E-state index is 12.1. The van der Waals surface area contributed by atoms with Crippen molar-refractivity contribution in [1.29, 1.82) is 5.26 Å². The van der Waals surface area contributed by atoms with Gasteiger partial charge in [0.25, 0.3) is 0 Å². The molecule has 2 N–H and O–H groups in total. The molecule has 1 amide bonds. The summed E-state index contributed by atoms with van der Waals surface area (Å²) in [4.78, 5) is 18.1. The molecule has 158 valence electrons. The standard InChI is InChI=1S/C24H24ClN5O/c1-16-11-18(25)7-10-20(16)29-23-12-22(21(27-4)13-28-23)30(15-31)19-8-5-17(6-9-19)24(2,3)14-26/h5-13,15,27H,1-4H3,(H,28,29). The van der Waals surface area contributed by atoms with Gasteiger partial charge in [-0.15, -0.1) is 0 Å². The molecule has 6 nitrogen and oxygen atoms in total. The zero-order valence-electron chi connectivity index (χ0n) is 17.9. The monoisotopic (exact) mass is 433 g/mol. The van der Waals surface area contributed by atoms with Gasteiger partial charge < -0.3 is 10.6 Å². The number of aromatic nitrogens is 1. The Kier molecular flexibility index (Phi) is 6.47. The summed E-state index contributed by atoms with van der Waals surface area (Å²) in [5, 5.41) is 16.4. The first-order valence-electron chi connectivity index (χ1n) is 9.76. The van der Waals surface area contributed by atoms with Crippen molar-refractivity contribution in [2.24, 2.45) is 0 Å². The molecule has 1 aromatic heterocycles. The van der Waals surface area contributed by atoms with Gasteiger partial charge in [0.05, 0.1) is 29.1 Å². The van der Waals surface area contributed by atoms with Crippen molar-refractivity contribution in [3.63, 3.8) is 0 Å². The first kappa shape index (κ1) is 22.1. The highest BCUT2D eigenvalue weighted by Crippen LogP contribution is 2.34. The molecule has 0 aliphatic carbocycles. The van der Waals surface area contributed by atoms with Gasteiger partial charge in [0, 0.05) is 29.5 Å². The molecular weight excluding hydrogens is 410 g/mol. The van der Waals surface area contributed by atoms with E-state index in [2.05, 4.69) is 21.7 Å². The second kappa shape index (κ2) is 9.07.